The van der Waals surface area contributed by atoms with Crippen molar-refractivity contribution in [1.29, 1.82) is 0 Å². The third kappa shape index (κ3) is 3.23. The second kappa shape index (κ2) is 6.53. The molecule has 4 heteroatoms. The predicted molar refractivity (Wildman–Crippen MR) is 79.5 cm³/mol. The molecule has 0 saturated carbocycles. The standard InChI is InChI=1S/C14H25N3S/c1-4-7-15-9-13-11(3)16-14(18-13)17-8-6-12(5-2)10-17/h12,15H,4-10H2,1-3H3. The Morgan fingerprint density at radius 3 is 2.94 bits per heavy atom. The van der Waals surface area contributed by atoms with Gasteiger partial charge >= 0.3 is 0 Å². The highest BCUT2D eigenvalue weighted by molar-refractivity contribution is 7.15. The van der Waals surface area contributed by atoms with Crippen LogP contribution >= 0.6 is 11.3 Å². The first-order valence-electron chi connectivity index (χ1n) is 7.16. The minimum Gasteiger partial charge on any atom is -0.348 e. The highest BCUT2D eigenvalue weighted by Gasteiger charge is 2.23. The molecule has 1 saturated heterocycles. The largest absolute Gasteiger partial charge is 0.348 e. The Kier molecular flexibility index (Phi) is 5.01. The molecule has 0 amide bonds. The van der Waals surface area contributed by atoms with E-state index in [4.69, 9.17) is 4.98 Å². The second-order valence-corrected chi connectivity index (χ2v) is 6.25. The zero-order valence-electron chi connectivity index (χ0n) is 11.8. The lowest BCUT2D eigenvalue weighted by molar-refractivity contribution is 0.569. The molecule has 0 aromatic carbocycles. The van der Waals surface area contributed by atoms with Crippen molar-refractivity contribution in [2.24, 2.45) is 5.92 Å². The number of thiazole rings is 1. The number of anilines is 1. The van der Waals surface area contributed by atoms with Crippen LogP contribution in [0.3, 0.4) is 0 Å². The van der Waals surface area contributed by atoms with E-state index in [9.17, 15) is 0 Å². The van der Waals surface area contributed by atoms with Gasteiger partial charge in [-0.1, -0.05) is 20.3 Å². The Morgan fingerprint density at radius 2 is 2.28 bits per heavy atom. The van der Waals surface area contributed by atoms with Crippen LogP contribution in [0.4, 0.5) is 5.13 Å². The maximum Gasteiger partial charge on any atom is 0.185 e. The van der Waals surface area contributed by atoms with E-state index in [1.165, 1.54) is 48.1 Å². The maximum absolute atomic E-state index is 4.74. The van der Waals surface area contributed by atoms with Crippen LogP contribution in [-0.2, 0) is 6.54 Å². The van der Waals surface area contributed by atoms with Crippen LogP contribution in [-0.4, -0.2) is 24.6 Å². The van der Waals surface area contributed by atoms with Crippen LogP contribution in [0.15, 0.2) is 0 Å². The molecule has 0 aliphatic carbocycles. The summed E-state index contributed by atoms with van der Waals surface area (Å²) in [6.07, 6.45) is 3.82. The average Bonchev–Trinajstić information content (AvgIpc) is 2.97. The van der Waals surface area contributed by atoms with Crippen molar-refractivity contribution in [2.75, 3.05) is 24.5 Å². The Balaban J connectivity index is 1.96. The molecule has 1 aliphatic rings. The molecular weight excluding hydrogens is 242 g/mol. The molecule has 1 fully saturated rings. The zero-order valence-corrected chi connectivity index (χ0v) is 12.6. The SMILES string of the molecule is CCCNCc1sc(N2CCC(CC)C2)nc1C. The lowest BCUT2D eigenvalue weighted by Gasteiger charge is -2.14. The van der Waals surface area contributed by atoms with Gasteiger partial charge < -0.3 is 10.2 Å². The van der Waals surface area contributed by atoms with Crippen LogP contribution in [0.1, 0.15) is 43.7 Å². The number of nitrogens with one attached hydrogen (secondary N) is 1. The van der Waals surface area contributed by atoms with E-state index in [1.54, 1.807) is 0 Å². The first-order valence-corrected chi connectivity index (χ1v) is 7.98. The number of nitrogens with zero attached hydrogens (tertiary/aromatic N) is 2. The van der Waals surface area contributed by atoms with Crippen molar-refractivity contribution in [2.45, 2.75) is 46.6 Å². The third-order valence-corrected chi connectivity index (χ3v) is 4.95. The summed E-state index contributed by atoms with van der Waals surface area (Å²) in [5.41, 5.74) is 1.21. The van der Waals surface area contributed by atoms with Gasteiger partial charge in [0, 0.05) is 24.5 Å². The molecule has 1 aromatic heterocycles. The molecule has 1 atom stereocenters. The Labute approximate surface area is 115 Å². The van der Waals surface area contributed by atoms with Gasteiger partial charge in [0.25, 0.3) is 0 Å². The van der Waals surface area contributed by atoms with Gasteiger partial charge in [-0.2, -0.15) is 0 Å². The highest BCUT2D eigenvalue weighted by Crippen LogP contribution is 2.31. The van der Waals surface area contributed by atoms with Crippen molar-refractivity contribution < 1.29 is 0 Å². The first kappa shape index (κ1) is 13.8. The van der Waals surface area contributed by atoms with Crippen molar-refractivity contribution in [3.63, 3.8) is 0 Å². The van der Waals surface area contributed by atoms with E-state index in [1.807, 2.05) is 11.3 Å². The van der Waals surface area contributed by atoms with Gasteiger partial charge in [-0.25, -0.2) is 4.98 Å². The van der Waals surface area contributed by atoms with Crippen molar-refractivity contribution in [3.05, 3.63) is 10.6 Å². The molecule has 18 heavy (non-hydrogen) atoms. The van der Waals surface area contributed by atoms with E-state index in [2.05, 4.69) is 31.0 Å². The van der Waals surface area contributed by atoms with Gasteiger partial charge in [0.15, 0.2) is 5.13 Å². The van der Waals surface area contributed by atoms with Crippen molar-refractivity contribution >= 4 is 16.5 Å². The van der Waals surface area contributed by atoms with Crippen molar-refractivity contribution in [3.8, 4) is 0 Å². The van der Waals surface area contributed by atoms with Crippen LogP contribution in [0.25, 0.3) is 0 Å². The molecule has 1 aliphatic heterocycles. The summed E-state index contributed by atoms with van der Waals surface area (Å²) in [6.45, 7) is 11.1. The number of hydrogen-bond acceptors (Lipinski definition) is 4. The minimum atomic E-state index is 0.871. The highest BCUT2D eigenvalue weighted by atomic mass is 32.1. The van der Waals surface area contributed by atoms with Gasteiger partial charge in [0.1, 0.15) is 0 Å². The lowest BCUT2D eigenvalue weighted by atomic mass is 10.1. The summed E-state index contributed by atoms with van der Waals surface area (Å²) in [7, 11) is 0. The smallest absolute Gasteiger partial charge is 0.185 e. The monoisotopic (exact) mass is 267 g/mol. The van der Waals surface area contributed by atoms with Crippen molar-refractivity contribution in [1.82, 2.24) is 10.3 Å². The molecule has 2 rings (SSSR count). The van der Waals surface area contributed by atoms with E-state index in [0.717, 1.165) is 19.0 Å². The van der Waals surface area contributed by atoms with Gasteiger partial charge in [0.2, 0.25) is 0 Å². The molecule has 1 N–H and O–H groups in total. The summed E-state index contributed by atoms with van der Waals surface area (Å²) in [5.74, 6) is 0.871. The van der Waals surface area contributed by atoms with E-state index < -0.39 is 0 Å². The fraction of sp³-hybridized carbons (Fsp3) is 0.786. The first-order chi connectivity index (χ1) is 8.74. The summed E-state index contributed by atoms with van der Waals surface area (Å²) < 4.78 is 0. The Bertz CT molecular complexity index is 375. The molecule has 0 spiro atoms. The normalized spacial score (nSPS) is 19.7. The zero-order chi connectivity index (χ0) is 13.0. The summed E-state index contributed by atoms with van der Waals surface area (Å²) >= 11 is 1.87. The fourth-order valence-corrected chi connectivity index (χ4v) is 3.50. The summed E-state index contributed by atoms with van der Waals surface area (Å²) in [5, 5.41) is 4.70. The molecule has 102 valence electrons. The molecule has 1 aromatic rings. The number of hydrogen-bond donors (Lipinski definition) is 1. The third-order valence-electron chi connectivity index (χ3n) is 3.73. The van der Waals surface area contributed by atoms with Gasteiger partial charge in [-0.15, -0.1) is 11.3 Å². The van der Waals surface area contributed by atoms with Crippen LogP contribution in [0.2, 0.25) is 0 Å². The average molecular weight is 267 g/mol. The van der Waals surface area contributed by atoms with E-state index >= 15 is 0 Å². The maximum atomic E-state index is 4.74. The Morgan fingerprint density at radius 1 is 1.44 bits per heavy atom. The van der Waals surface area contributed by atoms with E-state index in [-0.39, 0.29) is 0 Å². The number of aryl methyl sites for hydroxylation is 1. The quantitative estimate of drug-likeness (QED) is 0.802. The molecular formula is C14H25N3S. The predicted octanol–water partition coefficient (Wildman–Crippen LogP) is 3.19. The Hall–Kier alpha value is -0.610. The second-order valence-electron chi connectivity index (χ2n) is 5.19. The van der Waals surface area contributed by atoms with Gasteiger partial charge in [0.05, 0.1) is 5.69 Å². The van der Waals surface area contributed by atoms with E-state index in [0.29, 0.717) is 0 Å². The summed E-state index contributed by atoms with van der Waals surface area (Å²) in [6, 6.07) is 0. The van der Waals surface area contributed by atoms with Crippen LogP contribution < -0.4 is 10.2 Å². The fourth-order valence-electron chi connectivity index (χ4n) is 2.43. The number of rotatable bonds is 6. The minimum absolute atomic E-state index is 0.871. The van der Waals surface area contributed by atoms with Gasteiger partial charge in [-0.05, 0) is 32.2 Å². The molecule has 2 heterocycles. The number of aromatic nitrogens is 1. The summed E-state index contributed by atoms with van der Waals surface area (Å²) in [4.78, 5) is 8.61. The van der Waals surface area contributed by atoms with Crippen LogP contribution in [0.5, 0.6) is 0 Å². The molecule has 0 bridgehead atoms. The topological polar surface area (TPSA) is 28.2 Å². The molecule has 1 unspecified atom stereocenters. The van der Waals surface area contributed by atoms with Crippen LogP contribution in [0, 0.1) is 12.8 Å². The lowest BCUT2D eigenvalue weighted by Crippen LogP contribution is -2.19. The molecule has 0 radical (unpaired) electrons. The molecule has 3 nitrogen and oxygen atoms in total. The van der Waals surface area contributed by atoms with Gasteiger partial charge in [-0.3, -0.25) is 0 Å².